The summed E-state index contributed by atoms with van der Waals surface area (Å²) in [6, 6.07) is 24.5. The van der Waals surface area contributed by atoms with Gasteiger partial charge in [0.1, 0.15) is 6.04 Å². The number of guanidine groups is 1. The molecule has 38 heavy (non-hydrogen) atoms. The fraction of sp³-hybridized carbons (Fsp3) is 0.222. The Morgan fingerprint density at radius 2 is 1.50 bits per heavy atom. The van der Waals surface area contributed by atoms with Crippen LogP contribution in [0.1, 0.15) is 35.4 Å². The zero-order chi connectivity index (χ0) is 27.3. The van der Waals surface area contributed by atoms with Crippen molar-refractivity contribution in [3.05, 3.63) is 112 Å². The smallest absolute Gasteiger partial charge is 0.251 e. The summed E-state index contributed by atoms with van der Waals surface area (Å²) in [7, 11) is 0. The van der Waals surface area contributed by atoms with Gasteiger partial charge in [-0.25, -0.2) is 15.1 Å². The van der Waals surface area contributed by atoms with Crippen LogP contribution in [0.15, 0.2) is 89.9 Å². The molecule has 6 N–H and O–H groups in total. The van der Waals surface area contributed by atoms with Gasteiger partial charge in [-0.15, -0.1) is 0 Å². The monoisotopic (exact) mass is 518 g/mol. The first-order valence-electron chi connectivity index (χ1n) is 12.0. The quantitative estimate of drug-likeness (QED) is 0.0799. The molecule has 2 amide bonds. The molecule has 0 aliphatic rings. The molecule has 3 aromatic rings. The van der Waals surface area contributed by atoms with Crippen molar-refractivity contribution in [3.8, 4) is 0 Å². The number of aliphatic hydroxyl groups excluding tert-OH is 1. The van der Waals surface area contributed by atoms with Crippen LogP contribution in [0.5, 0.6) is 0 Å². The van der Waals surface area contributed by atoms with Gasteiger partial charge in [-0.1, -0.05) is 78.2 Å². The van der Waals surface area contributed by atoms with Gasteiger partial charge in [0, 0.05) is 12.2 Å². The molecule has 0 aliphatic carbocycles. The Morgan fingerprint density at radius 3 is 2.03 bits per heavy atom. The first-order valence-corrected chi connectivity index (χ1v) is 12.0. The van der Waals surface area contributed by atoms with Gasteiger partial charge in [-0.2, -0.15) is 0 Å². The Bertz CT molecular complexity index is 1200. The maximum Gasteiger partial charge on any atom is 0.251 e. The molecule has 0 spiro atoms. The fourth-order valence-corrected chi connectivity index (χ4v) is 3.87. The summed E-state index contributed by atoms with van der Waals surface area (Å²) in [6.07, 6.45) is 0.617. The molecule has 0 unspecified atom stereocenters. The van der Waals surface area contributed by atoms with Crippen LogP contribution in [-0.4, -0.2) is 40.5 Å². The lowest BCUT2D eigenvalue weighted by Crippen LogP contribution is -2.44. The lowest BCUT2D eigenvalue weighted by Gasteiger charge is -2.22. The van der Waals surface area contributed by atoms with E-state index in [1.165, 1.54) is 0 Å². The summed E-state index contributed by atoms with van der Waals surface area (Å²) in [4.78, 5) is 41.1. The highest BCUT2D eigenvalue weighted by Crippen LogP contribution is 2.25. The normalized spacial score (nSPS) is 12.0. The summed E-state index contributed by atoms with van der Waals surface area (Å²) in [5.74, 6) is -2.03. The van der Waals surface area contributed by atoms with E-state index in [0.29, 0.717) is 17.7 Å². The molecule has 0 fully saturated rings. The van der Waals surface area contributed by atoms with Crippen LogP contribution in [-0.2, 0) is 16.2 Å². The second kappa shape index (κ2) is 14.1. The van der Waals surface area contributed by atoms with Crippen molar-refractivity contribution in [1.82, 2.24) is 10.7 Å². The minimum absolute atomic E-state index is 0.114. The summed E-state index contributed by atoms with van der Waals surface area (Å²) in [6.45, 7) is 0.0167. The topological polar surface area (TPSA) is 172 Å². The van der Waals surface area contributed by atoms with Gasteiger partial charge in [-0.05, 0) is 41.7 Å². The number of carbonyl (C=O) groups is 2. The second-order valence-electron chi connectivity index (χ2n) is 8.44. The SMILES string of the molecule is NC(=NCCC[C@@H](Nc1ccc(CO)cc1)C(=O)NC(=O)C(c1ccccc1)c1ccccc1)N[N+](=O)[O-]. The van der Waals surface area contributed by atoms with Crippen molar-refractivity contribution < 1.29 is 19.7 Å². The van der Waals surface area contributed by atoms with Crippen LogP contribution in [0.3, 0.4) is 0 Å². The molecule has 3 rings (SSSR count). The van der Waals surface area contributed by atoms with Crippen LogP contribution in [0, 0.1) is 10.1 Å². The molecule has 11 heteroatoms. The van der Waals surface area contributed by atoms with Crippen molar-refractivity contribution in [3.63, 3.8) is 0 Å². The number of nitro groups is 1. The largest absolute Gasteiger partial charge is 0.392 e. The number of hydrogen-bond donors (Lipinski definition) is 5. The van der Waals surface area contributed by atoms with Crippen molar-refractivity contribution in [2.45, 2.75) is 31.4 Å². The number of aliphatic hydroxyl groups is 1. The Labute approximate surface area is 219 Å². The number of aliphatic imine (C=N–C) groups is 1. The van der Waals surface area contributed by atoms with Gasteiger partial charge in [0.05, 0.1) is 12.5 Å². The summed E-state index contributed by atoms with van der Waals surface area (Å²) in [5, 5.41) is 24.6. The molecule has 0 radical (unpaired) electrons. The number of nitrogens with one attached hydrogen (secondary N) is 3. The van der Waals surface area contributed by atoms with E-state index in [2.05, 4.69) is 15.6 Å². The van der Waals surface area contributed by atoms with Crippen molar-refractivity contribution in [2.75, 3.05) is 11.9 Å². The standard InChI is InChI=1S/C27H30N6O5/c28-27(32-33(37)38)29-17-7-12-23(30-22-15-13-19(18-34)14-16-22)25(35)31-26(36)24(20-8-3-1-4-9-20)21-10-5-2-6-11-21/h1-6,8-11,13-16,23-24,30,34H,7,12,17-18H2,(H3,28,29,32)(H,31,35,36)/t23-/m1/s1. The molecule has 0 aliphatic heterocycles. The van der Waals surface area contributed by atoms with Gasteiger partial charge < -0.3 is 16.2 Å². The van der Waals surface area contributed by atoms with E-state index in [0.717, 1.165) is 11.1 Å². The third-order valence-electron chi connectivity index (χ3n) is 5.71. The van der Waals surface area contributed by atoms with E-state index in [1.54, 1.807) is 29.7 Å². The van der Waals surface area contributed by atoms with Gasteiger partial charge in [0.15, 0.2) is 5.03 Å². The Kier molecular flexibility index (Phi) is 10.3. The lowest BCUT2D eigenvalue weighted by molar-refractivity contribution is -0.525. The number of anilines is 1. The molecule has 0 heterocycles. The summed E-state index contributed by atoms with van der Waals surface area (Å²) in [5.41, 5.74) is 10.0. The van der Waals surface area contributed by atoms with E-state index >= 15 is 0 Å². The number of carbonyl (C=O) groups excluding carboxylic acids is 2. The molecule has 0 saturated carbocycles. The molecule has 3 aromatic carbocycles. The zero-order valence-electron chi connectivity index (χ0n) is 20.6. The Balaban J connectivity index is 1.76. The van der Waals surface area contributed by atoms with Crippen LogP contribution < -0.4 is 21.8 Å². The van der Waals surface area contributed by atoms with Crippen LogP contribution in [0.2, 0.25) is 0 Å². The minimum Gasteiger partial charge on any atom is -0.392 e. The molecule has 1 atom stereocenters. The third kappa shape index (κ3) is 8.42. The molecule has 0 bridgehead atoms. The van der Waals surface area contributed by atoms with Crippen LogP contribution in [0.25, 0.3) is 0 Å². The number of nitrogens with two attached hydrogens (primary N) is 1. The van der Waals surface area contributed by atoms with E-state index in [4.69, 9.17) is 5.73 Å². The molecule has 0 aromatic heterocycles. The van der Waals surface area contributed by atoms with E-state index in [-0.39, 0.29) is 25.5 Å². The molecule has 11 nitrogen and oxygen atoms in total. The number of benzene rings is 3. The predicted octanol–water partition coefficient (Wildman–Crippen LogP) is 2.31. The van der Waals surface area contributed by atoms with Crippen molar-refractivity contribution >= 4 is 23.5 Å². The highest BCUT2D eigenvalue weighted by atomic mass is 16.7. The Morgan fingerprint density at radius 1 is 0.921 bits per heavy atom. The van der Waals surface area contributed by atoms with Crippen molar-refractivity contribution in [1.29, 1.82) is 0 Å². The van der Waals surface area contributed by atoms with Crippen molar-refractivity contribution in [2.24, 2.45) is 10.7 Å². The predicted molar refractivity (Wildman–Crippen MR) is 144 cm³/mol. The first kappa shape index (κ1) is 27.8. The first-order chi connectivity index (χ1) is 18.4. The van der Waals surface area contributed by atoms with E-state index in [1.807, 2.05) is 60.7 Å². The fourth-order valence-electron chi connectivity index (χ4n) is 3.87. The Hall–Kier alpha value is -4.77. The number of hydrazine groups is 1. The summed E-state index contributed by atoms with van der Waals surface area (Å²) >= 11 is 0. The highest BCUT2D eigenvalue weighted by Gasteiger charge is 2.27. The van der Waals surface area contributed by atoms with Gasteiger partial charge in [-0.3, -0.25) is 14.9 Å². The van der Waals surface area contributed by atoms with E-state index in [9.17, 15) is 24.8 Å². The molecular weight excluding hydrogens is 488 g/mol. The van der Waals surface area contributed by atoms with Crippen LogP contribution in [0.4, 0.5) is 5.69 Å². The maximum atomic E-state index is 13.4. The maximum absolute atomic E-state index is 13.4. The second-order valence-corrected chi connectivity index (χ2v) is 8.44. The van der Waals surface area contributed by atoms with Gasteiger partial charge in [0.25, 0.3) is 5.96 Å². The molecular formula is C27H30N6O5. The number of hydrogen-bond acceptors (Lipinski definition) is 7. The highest BCUT2D eigenvalue weighted by molar-refractivity contribution is 6.02. The number of nitrogens with zero attached hydrogens (tertiary/aromatic N) is 2. The number of imide groups is 1. The molecule has 198 valence electrons. The van der Waals surface area contributed by atoms with Gasteiger partial charge in [0.2, 0.25) is 11.8 Å². The zero-order valence-corrected chi connectivity index (χ0v) is 20.6. The number of amides is 2. The van der Waals surface area contributed by atoms with Gasteiger partial charge >= 0.3 is 0 Å². The van der Waals surface area contributed by atoms with E-state index < -0.39 is 28.8 Å². The van der Waals surface area contributed by atoms with Crippen LogP contribution >= 0.6 is 0 Å². The minimum atomic E-state index is -0.814. The summed E-state index contributed by atoms with van der Waals surface area (Å²) < 4.78 is 0. The number of rotatable bonds is 12. The third-order valence-corrected chi connectivity index (χ3v) is 5.71. The average molecular weight is 519 g/mol. The lowest BCUT2D eigenvalue weighted by atomic mass is 9.90. The molecule has 0 saturated heterocycles. The average Bonchev–Trinajstić information content (AvgIpc) is 2.91.